The van der Waals surface area contributed by atoms with Crippen LogP contribution in [0.5, 0.6) is 0 Å². The Morgan fingerprint density at radius 3 is 2.33 bits per heavy atom. The Labute approximate surface area is 124 Å². The lowest BCUT2D eigenvalue weighted by Crippen LogP contribution is -2.15. The van der Waals surface area contributed by atoms with Gasteiger partial charge in [0, 0.05) is 38.4 Å². The average molecular weight is 306 g/mol. The van der Waals surface area contributed by atoms with E-state index in [4.69, 9.17) is 4.52 Å². The standard InChI is InChI=1S/C15H19N2O3P/c1-17(2)12-7-9-13(10-8-12)21(19,20-3)15(18)14-6-4-5-11-16-14/h4-11,15,18H,1-3H3/t15-,21+/m1/s1. The highest BCUT2D eigenvalue weighted by Crippen LogP contribution is 2.56. The van der Waals surface area contributed by atoms with Gasteiger partial charge >= 0.3 is 0 Å². The van der Waals surface area contributed by atoms with Gasteiger partial charge in [-0.25, -0.2) is 0 Å². The second-order valence-electron chi connectivity index (χ2n) is 4.82. The third kappa shape index (κ3) is 3.16. The lowest BCUT2D eigenvalue weighted by atomic mass is 10.3. The molecule has 2 aromatic rings. The van der Waals surface area contributed by atoms with Gasteiger partial charge in [0.15, 0.2) is 5.85 Å². The predicted molar refractivity (Wildman–Crippen MR) is 84.2 cm³/mol. The van der Waals surface area contributed by atoms with Crippen LogP contribution >= 0.6 is 7.37 Å². The molecule has 0 aliphatic rings. The summed E-state index contributed by atoms with van der Waals surface area (Å²) < 4.78 is 18.2. The molecule has 0 amide bonds. The maximum absolute atomic E-state index is 13.0. The molecule has 2 atom stereocenters. The number of anilines is 1. The number of benzene rings is 1. The molecule has 0 radical (unpaired) electrons. The fraction of sp³-hybridized carbons (Fsp3) is 0.267. The number of rotatable bonds is 5. The van der Waals surface area contributed by atoms with E-state index in [0.29, 0.717) is 11.0 Å². The number of aliphatic hydroxyl groups excluding tert-OH is 1. The molecule has 0 saturated heterocycles. The molecular formula is C15H19N2O3P. The summed E-state index contributed by atoms with van der Waals surface area (Å²) in [6.07, 6.45) is 1.55. The molecule has 0 saturated carbocycles. The molecule has 5 nitrogen and oxygen atoms in total. The summed E-state index contributed by atoms with van der Waals surface area (Å²) in [4.78, 5) is 5.99. The van der Waals surface area contributed by atoms with E-state index in [1.807, 2.05) is 31.1 Å². The van der Waals surface area contributed by atoms with E-state index in [1.54, 1.807) is 36.5 Å². The molecule has 1 aromatic carbocycles. The minimum absolute atomic E-state index is 0.333. The number of aromatic nitrogens is 1. The number of pyridine rings is 1. The molecule has 112 valence electrons. The van der Waals surface area contributed by atoms with Crippen molar-refractivity contribution in [3.63, 3.8) is 0 Å². The fourth-order valence-electron chi connectivity index (χ4n) is 2.01. The molecule has 2 rings (SSSR count). The maximum Gasteiger partial charge on any atom is 0.265 e. The van der Waals surface area contributed by atoms with Crippen LogP contribution in [0.25, 0.3) is 0 Å². The van der Waals surface area contributed by atoms with E-state index in [-0.39, 0.29) is 0 Å². The van der Waals surface area contributed by atoms with Crippen molar-refractivity contribution in [3.05, 3.63) is 54.4 Å². The molecule has 21 heavy (non-hydrogen) atoms. The topological polar surface area (TPSA) is 62.7 Å². The van der Waals surface area contributed by atoms with Crippen molar-refractivity contribution in [3.8, 4) is 0 Å². The van der Waals surface area contributed by atoms with Gasteiger partial charge in [-0.05, 0) is 36.4 Å². The Morgan fingerprint density at radius 2 is 1.86 bits per heavy atom. The highest BCUT2D eigenvalue weighted by atomic mass is 31.2. The molecule has 0 spiro atoms. The van der Waals surface area contributed by atoms with Crippen LogP contribution in [0.3, 0.4) is 0 Å². The molecule has 1 heterocycles. The van der Waals surface area contributed by atoms with Crippen molar-refractivity contribution in [2.45, 2.75) is 5.85 Å². The van der Waals surface area contributed by atoms with Crippen molar-refractivity contribution >= 4 is 18.4 Å². The summed E-state index contributed by atoms with van der Waals surface area (Å²) in [6.45, 7) is 0. The largest absolute Gasteiger partial charge is 0.378 e. The van der Waals surface area contributed by atoms with Gasteiger partial charge in [-0.1, -0.05) is 6.07 Å². The highest BCUT2D eigenvalue weighted by molar-refractivity contribution is 7.67. The van der Waals surface area contributed by atoms with Crippen molar-refractivity contribution < 1.29 is 14.2 Å². The first-order chi connectivity index (χ1) is 9.99. The molecule has 6 heteroatoms. The van der Waals surface area contributed by atoms with Crippen LogP contribution in [-0.4, -0.2) is 31.3 Å². The van der Waals surface area contributed by atoms with Crippen molar-refractivity contribution in [1.82, 2.24) is 4.98 Å². The van der Waals surface area contributed by atoms with Crippen molar-refractivity contribution in [2.24, 2.45) is 0 Å². The Kier molecular flexibility index (Phi) is 4.78. The summed E-state index contributed by atoms with van der Waals surface area (Å²) in [5.74, 6) is -1.28. The Bertz CT molecular complexity index is 629. The first kappa shape index (κ1) is 15.7. The number of nitrogens with zero attached hydrogens (tertiary/aromatic N) is 2. The number of hydrogen-bond acceptors (Lipinski definition) is 5. The summed E-state index contributed by atoms with van der Waals surface area (Å²) >= 11 is 0. The van der Waals surface area contributed by atoms with Crippen LogP contribution in [0, 0.1) is 0 Å². The smallest absolute Gasteiger partial charge is 0.265 e. The van der Waals surface area contributed by atoms with Crippen LogP contribution < -0.4 is 10.2 Å². The zero-order chi connectivity index (χ0) is 15.5. The first-order valence-electron chi connectivity index (χ1n) is 6.51. The molecule has 1 aromatic heterocycles. The third-order valence-corrected chi connectivity index (χ3v) is 5.74. The Hall–Kier alpha value is -1.68. The van der Waals surface area contributed by atoms with E-state index >= 15 is 0 Å². The van der Waals surface area contributed by atoms with E-state index in [1.165, 1.54) is 7.11 Å². The molecule has 0 aliphatic carbocycles. The lowest BCUT2D eigenvalue weighted by Gasteiger charge is -2.22. The summed E-state index contributed by atoms with van der Waals surface area (Å²) in [5.41, 5.74) is 1.31. The predicted octanol–water partition coefficient (Wildman–Crippen LogP) is 2.39. The molecule has 0 unspecified atom stereocenters. The summed E-state index contributed by atoms with van der Waals surface area (Å²) in [5, 5.41) is 10.9. The zero-order valence-electron chi connectivity index (χ0n) is 12.3. The van der Waals surface area contributed by atoms with Crippen molar-refractivity contribution in [2.75, 3.05) is 26.1 Å². The summed E-state index contributed by atoms with van der Waals surface area (Å²) in [6, 6.07) is 12.2. The molecule has 1 N–H and O–H groups in total. The molecular weight excluding hydrogens is 287 g/mol. The molecule has 0 bridgehead atoms. The first-order valence-corrected chi connectivity index (χ1v) is 8.21. The third-order valence-electron chi connectivity index (χ3n) is 3.27. The summed E-state index contributed by atoms with van der Waals surface area (Å²) in [7, 11) is 1.75. The quantitative estimate of drug-likeness (QED) is 0.859. The van der Waals surface area contributed by atoms with Gasteiger partial charge in [0.25, 0.3) is 7.37 Å². The number of hydrogen-bond donors (Lipinski definition) is 1. The average Bonchev–Trinajstić information content (AvgIpc) is 2.54. The van der Waals surface area contributed by atoms with Crippen LogP contribution in [0.1, 0.15) is 11.5 Å². The number of aliphatic hydroxyl groups is 1. The van der Waals surface area contributed by atoms with Gasteiger partial charge in [-0.15, -0.1) is 0 Å². The van der Waals surface area contributed by atoms with E-state index in [2.05, 4.69) is 4.98 Å². The van der Waals surface area contributed by atoms with Crippen LogP contribution in [0.15, 0.2) is 48.7 Å². The van der Waals surface area contributed by atoms with Crippen LogP contribution in [-0.2, 0) is 9.09 Å². The van der Waals surface area contributed by atoms with Gasteiger partial charge in [0.2, 0.25) is 0 Å². The SMILES string of the molecule is CO[P@@](=O)(c1ccc(N(C)C)cc1)[C@@H](O)c1ccccn1. The second-order valence-corrected chi connectivity index (χ2v) is 7.38. The van der Waals surface area contributed by atoms with Crippen LogP contribution in [0.4, 0.5) is 5.69 Å². The van der Waals surface area contributed by atoms with Gasteiger partial charge in [-0.2, -0.15) is 0 Å². The van der Waals surface area contributed by atoms with Gasteiger partial charge < -0.3 is 14.5 Å². The minimum atomic E-state index is -3.44. The minimum Gasteiger partial charge on any atom is -0.378 e. The monoisotopic (exact) mass is 306 g/mol. The van der Waals surface area contributed by atoms with E-state index in [0.717, 1.165) is 5.69 Å². The lowest BCUT2D eigenvalue weighted by molar-refractivity contribution is 0.224. The normalized spacial score (nSPS) is 15.2. The Balaban J connectivity index is 2.39. The van der Waals surface area contributed by atoms with Gasteiger partial charge in [0.05, 0.1) is 5.69 Å². The zero-order valence-corrected chi connectivity index (χ0v) is 13.2. The van der Waals surface area contributed by atoms with Gasteiger partial charge in [0.1, 0.15) is 0 Å². The molecule has 0 aliphatic heterocycles. The van der Waals surface area contributed by atoms with E-state index in [9.17, 15) is 9.67 Å². The van der Waals surface area contributed by atoms with E-state index < -0.39 is 13.2 Å². The van der Waals surface area contributed by atoms with Crippen LogP contribution in [0.2, 0.25) is 0 Å². The highest BCUT2D eigenvalue weighted by Gasteiger charge is 2.36. The fourth-order valence-corrected chi connectivity index (χ4v) is 3.77. The second kappa shape index (κ2) is 6.39. The van der Waals surface area contributed by atoms with Crippen molar-refractivity contribution in [1.29, 1.82) is 0 Å². The maximum atomic E-state index is 13.0. The Morgan fingerprint density at radius 1 is 1.19 bits per heavy atom. The molecule has 0 fully saturated rings. The van der Waals surface area contributed by atoms with Gasteiger partial charge in [-0.3, -0.25) is 9.55 Å².